The molecule has 2 aromatic rings. The van der Waals surface area contributed by atoms with Gasteiger partial charge in [-0.05, 0) is 49.2 Å². The molecule has 0 bridgehead atoms. The van der Waals surface area contributed by atoms with Crippen LogP contribution >= 0.6 is 0 Å². The smallest absolute Gasteiger partial charge is 0.161 e. The van der Waals surface area contributed by atoms with Crippen molar-refractivity contribution in [3.8, 4) is 11.5 Å². The van der Waals surface area contributed by atoms with Crippen molar-refractivity contribution in [1.29, 1.82) is 0 Å². The number of anilines is 1. The molecule has 0 spiro atoms. The zero-order chi connectivity index (χ0) is 18.5. The third-order valence-corrected chi connectivity index (χ3v) is 4.65. The van der Waals surface area contributed by atoms with E-state index >= 15 is 0 Å². The van der Waals surface area contributed by atoms with Crippen molar-refractivity contribution in [2.45, 2.75) is 25.4 Å². The van der Waals surface area contributed by atoms with E-state index in [1.165, 1.54) is 6.07 Å². The molecule has 26 heavy (non-hydrogen) atoms. The number of rotatable bonds is 6. The summed E-state index contributed by atoms with van der Waals surface area (Å²) in [5.41, 5.74) is 1.76. The molecule has 3 rings (SSSR count). The highest BCUT2D eigenvalue weighted by molar-refractivity contribution is 5.45. The molecule has 6 heteroatoms. The van der Waals surface area contributed by atoms with Crippen LogP contribution in [0.5, 0.6) is 11.5 Å². The van der Waals surface area contributed by atoms with Crippen molar-refractivity contribution in [2.24, 2.45) is 0 Å². The summed E-state index contributed by atoms with van der Waals surface area (Å²) in [5.74, 6) is -0.214. The van der Waals surface area contributed by atoms with Gasteiger partial charge in [-0.2, -0.15) is 0 Å². The standard InChI is InChI=1S/C20H24F2N2O2/c1-25-19-8-5-14(10-20(19)26-2)12-24-9-3-4-16(13-24)23-15-6-7-17(21)18(22)11-15/h5-8,10-11,16,23H,3-4,9,12-13H2,1-2H3. The van der Waals surface area contributed by atoms with Crippen molar-refractivity contribution in [1.82, 2.24) is 4.90 Å². The van der Waals surface area contributed by atoms with Crippen LogP contribution in [0.3, 0.4) is 0 Å². The molecule has 2 aromatic carbocycles. The van der Waals surface area contributed by atoms with Gasteiger partial charge in [0.25, 0.3) is 0 Å². The Balaban J connectivity index is 1.62. The van der Waals surface area contributed by atoms with Crippen LogP contribution in [0.15, 0.2) is 36.4 Å². The van der Waals surface area contributed by atoms with Gasteiger partial charge in [-0.25, -0.2) is 8.78 Å². The van der Waals surface area contributed by atoms with Crippen molar-refractivity contribution in [3.05, 3.63) is 53.6 Å². The lowest BCUT2D eigenvalue weighted by atomic mass is 10.0. The Morgan fingerprint density at radius 3 is 2.58 bits per heavy atom. The van der Waals surface area contributed by atoms with Crippen LogP contribution in [0.4, 0.5) is 14.5 Å². The van der Waals surface area contributed by atoms with Gasteiger partial charge in [-0.3, -0.25) is 4.90 Å². The fourth-order valence-electron chi connectivity index (χ4n) is 3.38. The number of halogens is 2. The highest BCUT2D eigenvalue weighted by Crippen LogP contribution is 2.28. The first kappa shape index (κ1) is 18.5. The molecular weight excluding hydrogens is 338 g/mol. The summed E-state index contributed by atoms with van der Waals surface area (Å²) in [6.07, 6.45) is 2.05. The maximum absolute atomic E-state index is 13.4. The number of hydrogen-bond donors (Lipinski definition) is 1. The SMILES string of the molecule is COc1ccc(CN2CCCC(Nc3ccc(F)c(F)c3)C2)cc1OC. The molecule has 0 radical (unpaired) electrons. The fourth-order valence-corrected chi connectivity index (χ4v) is 3.38. The zero-order valence-electron chi connectivity index (χ0n) is 15.1. The molecule has 0 aromatic heterocycles. The highest BCUT2D eigenvalue weighted by atomic mass is 19.2. The van der Waals surface area contributed by atoms with E-state index in [0.717, 1.165) is 49.9 Å². The zero-order valence-corrected chi connectivity index (χ0v) is 15.1. The first-order valence-corrected chi connectivity index (χ1v) is 8.74. The van der Waals surface area contributed by atoms with Crippen LogP contribution in [-0.2, 0) is 6.54 Å². The lowest BCUT2D eigenvalue weighted by Crippen LogP contribution is -2.41. The minimum atomic E-state index is -0.826. The van der Waals surface area contributed by atoms with Crippen molar-refractivity contribution < 1.29 is 18.3 Å². The molecule has 0 saturated carbocycles. The number of ether oxygens (including phenoxy) is 2. The topological polar surface area (TPSA) is 33.7 Å². The van der Waals surface area contributed by atoms with Gasteiger partial charge in [0.2, 0.25) is 0 Å². The lowest BCUT2D eigenvalue weighted by molar-refractivity contribution is 0.208. The van der Waals surface area contributed by atoms with E-state index in [0.29, 0.717) is 11.4 Å². The normalized spacial score (nSPS) is 17.8. The van der Waals surface area contributed by atoms with Gasteiger partial charge in [0, 0.05) is 30.9 Å². The number of benzene rings is 2. The molecule has 4 nitrogen and oxygen atoms in total. The van der Waals surface area contributed by atoms with E-state index in [1.807, 2.05) is 18.2 Å². The third-order valence-electron chi connectivity index (χ3n) is 4.65. The molecule has 1 aliphatic rings. The van der Waals surface area contributed by atoms with Gasteiger partial charge in [0.1, 0.15) is 0 Å². The fraction of sp³-hybridized carbons (Fsp3) is 0.400. The maximum atomic E-state index is 13.4. The van der Waals surface area contributed by atoms with Gasteiger partial charge < -0.3 is 14.8 Å². The average Bonchev–Trinajstić information content (AvgIpc) is 2.65. The predicted octanol–water partition coefficient (Wildman–Crippen LogP) is 4.06. The van der Waals surface area contributed by atoms with E-state index in [2.05, 4.69) is 10.2 Å². The van der Waals surface area contributed by atoms with Crippen LogP contribution in [0.1, 0.15) is 18.4 Å². The molecule has 1 N–H and O–H groups in total. The Hall–Kier alpha value is -2.34. The van der Waals surface area contributed by atoms with Crippen molar-refractivity contribution >= 4 is 5.69 Å². The number of piperidine rings is 1. The van der Waals surface area contributed by atoms with E-state index in [-0.39, 0.29) is 6.04 Å². The Morgan fingerprint density at radius 2 is 1.85 bits per heavy atom. The summed E-state index contributed by atoms with van der Waals surface area (Å²) >= 11 is 0. The number of likely N-dealkylation sites (tertiary alicyclic amines) is 1. The van der Waals surface area contributed by atoms with Gasteiger partial charge in [-0.15, -0.1) is 0 Å². The molecule has 1 saturated heterocycles. The highest BCUT2D eigenvalue weighted by Gasteiger charge is 2.20. The van der Waals surface area contributed by atoms with Gasteiger partial charge in [-0.1, -0.05) is 6.07 Å². The largest absolute Gasteiger partial charge is 0.493 e. The molecule has 140 valence electrons. The molecule has 0 amide bonds. The summed E-state index contributed by atoms with van der Waals surface area (Å²) < 4.78 is 37.1. The number of nitrogens with zero attached hydrogens (tertiary/aromatic N) is 1. The molecule has 1 atom stereocenters. The first-order chi connectivity index (χ1) is 12.6. The molecule has 1 unspecified atom stereocenters. The predicted molar refractivity (Wildman–Crippen MR) is 97.8 cm³/mol. The Bertz CT molecular complexity index is 755. The Kier molecular flexibility index (Phi) is 5.93. The second-order valence-electron chi connectivity index (χ2n) is 6.54. The van der Waals surface area contributed by atoms with Gasteiger partial charge in [0.05, 0.1) is 14.2 Å². The minimum absolute atomic E-state index is 0.203. The monoisotopic (exact) mass is 362 g/mol. The summed E-state index contributed by atoms with van der Waals surface area (Å²) in [7, 11) is 3.25. The number of methoxy groups -OCH3 is 2. The molecular formula is C20H24F2N2O2. The third kappa shape index (κ3) is 4.43. The minimum Gasteiger partial charge on any atom is -0.493 e. The summed E-state index contributed by atoms with van der Waals surface area (Å²) in [4.78, 5) is 2.35. The van der Waals surface area contributed by atoms with Crippen LogP contribution in [0, 0.1) is 11.6 Å². The summed E-state index contributed by atoms with van der Waals surface area (Å²) in [5, 5.41) is 3.31. The van der Waals surface area contributed by atoms with E-state index in [4.69, 9.17) is 9.47 Å². The van der Waals surface area contributed by atoms with E-state index < -0.39 is 11.6 Å². The molecule has 0 aliphatic carbocycles. The summed E-state index contributed by atoms with van der Waals surface area (Å²) in [6.45, 7) is 2.65. The Morgan fingerprint density at radius 1 is 1.04 bits per heavy atom. The molecule has 1 aliphatic heterocycles. The van der Waals surface area contributed by atoms with Crippen LogP contribution in [0.25, 0.3) is 0 Å². The number of hydrogen-bond acceptors (Lipinski definition) is 4. The quantitative estimate of drug-likeness (QED) is 0.840. The van der Waals surface area contributed by atoms with Crippen molar-refractivity contribution in [2.75, 3.05) is 32.6 Å². The second kappa shape index (κ2) is 8.36. The molecule has 1 fully saturated rings. The van der Waals surface area contributed by atoms with Gasteiger partial charge in [0.15, 0.2) is 23.1 Å². The number of nitrogens with one attached hydrogen (secondary N) is 1. The second-order valence-corrected chi connectivity index (χ2v) is 6.54. The van der Waals surface area contributed by atoms with Gasteiger partial charge >= 0.3 is 0 Å². The van der Waals surface area contributed by atoms with E-state index in [9.17, 15) is 8.78 Å². The summed E-state index contributed by atoms with van der Waals surface area (Å²) in [6, 6.07) is 10.1. The van der Waals surface area contributed by atoms with Crippen LogP contribution in [0.2, 0.25) is 0 Å². The molecule has 1 heterocycles. The first-order valence-electron chi connectivity index (χ1n) is 8.74. The van der Waals surface area contributed by atoms with Crippen LogP contribution < -0.4 is 14.8 Å². The average molecular weight is 362 g/mol. The van der Waals surface area contributed by atoms with Crippen LogP contribution in [-0.4, -0.2) is 38.3 Å². The Labute approximate surface area is 152 Å². The van der Waals surface area contributed by atoms with E-state index in [1.54, 1.807) is 20.3 Å². The van der Waals surface area contributed by atoms with Crippen molar-refractivity contribution in [3.63, 3.8) is 0 Å². The lowest BCUT2D eigenvalue weighted by Gasteiger charge is -2.33. The maximum Gasteiger partial charge on any atom is 0.161 e.